The maximum atomic E-state index is 5.34. The predicted molar refractivity (Wildman–Crippen MR) is 120 cm³/mol. The van der Waals surface area contributed by atoms with Gasteiger partial charge in [0.1, 0.15) is 17.8 Å². The smallest absolute Gasteiger partial charge is 0.145 e. The van der Waals surface area contributed by atoms with Gasteiger partial charge in [0.25, 0.3) is 0 Å². The van der Waals surface area contributed by atoms with E-state index in [9.17, 15) is 0 Å². The first kappa shape index (κ1) is 20.2. The van der Waals surface area contributed by atoms with Crippen LogP contribution in [0, 0.1) is 6.08 Å². The van der Waals surface area contributed by atoms with Crippen molar-refractivity contribution in [3.8, 4) is 0 Å². The van der Waals surface area contributed by atoms with Crippen molar-refractivity contribution in [3.63, 3.8) is 0 Å². The van der Waals surface area contributed by atoms with Crippen molar-refractivity contribution in [1.82, 2.24) is 0 Å². The number of hydrogen-bond donors (Lipinski definition) is 2. The summed E-state index contributed by atoms with van der Waals surface area (Å²) in [5.74, 6) is 0. The van der Waals surface area contributed by atoms with Gasteiger partial charge < -0.3 is 11.1 Å². The number of allylic oxidation sites excluding steroid dienone is 5. The monoisotopic (exact) mass is 417 g/mol. The highest BCUT2D eigenvalue weighted by atomic mass is 79.9. The Kier molecular flexibility index (Phi) is 9.17. The highest BCUT2D eigenvalue weighted by Crippen LogP contribution is 2.14. The minimum Gasteiger partial charge on any atom is -0.377 e. The second-order valence-corrected chi connectivity index (χ2v) is 6.40. The van der Waals surface area contributed by atoms with E-state index in [2.05, 4.69) is 27.3 Å². The molecule has 2 nitrogen and oxygen atoms in total. The summed E-state index contributed by atoms with van der Waals surface area (Å²) in [6.45, 7) is 0. The maximum absolute atomic E-state index is 5.34. The number of nitrogens with two attached hydrogens (primary N) is 1. The molecule has 3 heteroatoms. The fraction of sp³-hybridized carbons (Fsp3) is 0. The molecular formula is C24H22BrN2+. The summed E-state index contributed by atoms with van der Waals surface area (Å²) in [5.41, 5.74) is 8.37. The van der Waals surface area contributed by atoms with Gasteiger partial charge in [-0.25, -0.2) is 0 Å². The molecule has 3 aromatic rings. The first-order valence-corrected chi connectivity index (χ1v) is 9.32. The average Bonchev–Trinajstić information content (AvgIpc) is 2.72. The third-order valence-electron chi connectivity index (χ3n) is 3.31. The minimum atomic E-state index is 0.791. The molecule has 0 aromatic heterocycles. The fourth-order valence-corrected chi connectivity index (χ4v) is 2.33. The molecule has 1 aliphatic rings. The number of halogens is 1. The van der Waals surface area contributed by atoms with Crippen molar-refractivity contribution in [3.05, 3.63) is 132 Å². The number of anilines is 2. The largest absolute Gasteiger partial charge is 0.377 e. The first-order chi connectivity index (χ1) is 13.2. The van der Waals surface area contributed by atoms with Crippen LogP contribution in [0.4, 0.5) is 11.4 Å². The van der Waals surface area contributed by atoms with Gasteiger partial charge in [0.2, 0.25) is 0 Å². The number of hydrogen-bond acceptors (Lipinski definition) is 2. The lowest BCUT2D eigenvalue weighted by Crippen LogP contribution is -1.92. The summed E-state index contributed by atoms with van der Waals surface area (Å²) in [7, 11) is 0. The molecule has 0 amide bonds. The molecule has 0 unspecified atom stereocenters. The Bertz CT molecular complexity index is 817. The highest BCUT2D eigenvalue weighted by molar-refractivity contribution is 9.10. The molecule has 0 radical (unpaired) electrons. The van der Waals surface area contributed by atoms with E-state index in [1.165, 1.54) is 0 Å². The summed E-state index contributed by atoms with van der Waals surface area (Å²) in [4.78, 5) is 0. The lowest BCUT2D eigenvalue weighted by Gasteiger charge is -2.04. The highest BCUT2D eigenvalue weighted by Gasteiger charge is 1.91. The van der Waals surface area contributed by atoms with Gasteiger partial charge in [0.05, 0.1) is 12.2 Å². The van der Waals surface area contributed by atoms with Crippen molar-refractivity contribution in [2.24, 2.45) is 5.73 Å². The summed E-state index contributed by atoms with van der Waals surface area (Å²) < 4.78 is 1.13. The van der Waals surface area contributed by atoms with E-state index < -0.39 is 0 Å². The second-order valence-electron chi connectivity index (χ2n) is 5.49. The standard InChI is InChI=1S/C12H11N.C6H5Br.C6H6N/c1-3-7-11(8-4-1)13-12-9-5-2-6-10-12;2*7-6-4-2-1-3-5-6/h1-10,13H;1-5H;2-5H,7H2/q;;+1. The van der Waals surface area contributed by atoms with E-state index in [-0.39, 0.29) is 0 Å². The molecule has 0 aliphatic heterocycles. The van der Waals surface area contributed by atoms with E-state index in [0.717, 1.165) is 21.5 Å². The van der Waals surface area contributed by atoms with Gasteiger partial charge in [0.15, 0.2) is 0 Å². The van der Waals surface area contributed by atoms with Crippen molar-refractivity contribution in [2.45, 2.75) is 0 Å². The van der Waals surface area contributed by atoms with Gasteiger partial charge in [-0.15, -0.1) is 0 Å². The van der Waals surface area contributed by atoms with Crippen LogP contribution in [0.3, 0.4) is 0 Å². The predicted octanol–water partition coefficient (Wildman–Crippen LogP) is 6.64. The van der Waals surface area contributed by atoms with Gasteiger partial charge in [-0.05, 0) is 36.4 Å². The summed E-state index contributed by atoms with van der Waals surface area (Å²) in [6.07, 6.45) is 10.0. The Balaban J connectivity index is 0.000000159. The molecule has 0 spiro atoms. The fourth-order valence-electron chi connectivity index (χ4n) is 2.02. The van der Waals surface area contributed by atoms with Crippen LogP contribution in [-0.2, 0) is 0 Å². The topological polar surface area (TPSA) is 38.0 Å². The van der Waals surface area contributed by atoms with Crippen LogP contribution in [0.15, 0.2) is 125 Å². The van der Waals surface area contributed by atoms with Crippen LogP contribution >= 0.6 is 15.9 Å². The number of benzene rings is 3. The third kappa shape index (κ3) is 9.22. The SMILES string of the molecule is Brc1ccccc1.NC1=CC=[C+]C=C1.c1ccc(Nc2ccccc2)cc1. The number of nitrogens with one attached hydrogen (secondary N) is 1. The summed E-state index contributed by atoms with van der Waals surface area (Å²) in [6, 6.07) is 30.3. The van der Waals surface area contributed by atoms with Crippen LogP contribution < -0.4 is 11.1 Å². The lowest BCUT2D eigenvalue weighted by molar-refractivity contribution is 1.40. The lowest BCUT2D eigenvalue weighted by atomic mass is 10.3. The zero-order chi connectivity index (χ0) is 19.2. The summed E-state index contributed by atoms with van der Waals surface area (Å²) in [5, 5.41) is 3.30. The van der Waals surface area contributed by atoms with Gasteiger partial charge in [-0.1, -0.05) is 70.5 Å². The van der Waals surface area contributed by atoms with E-state index in [1.54, 1.807) is 24.3 Å². The van der Waals surface area contributed by atoms with Gasteiger partial charge in [-0.3, -0.25) is 0 Å². The molecule has 3 aromatic carbocycles. The molecule has 1 aliphatic carbocycles. The Hall–Kier alpha value is -3.13. The van der Waals surface area contributed by atoms with Gasteiger partial charge >= 0.3 is 0 Å². The van der Waals surface area contributed by atoms with Crippen molar-refractivity contribution >= 4 is 27.3 Å². The molecule has 0 saturated carbocycles. The van der Waals surface area contributed by atoms with E-state index in [4.69, 9.17) is 5.73 Å². The molecule has 0 saturated heterocycles. The molecule has 0 heterocycles. The molecule has 4 rings (SSSR count). The normalized spacial score (nSPS) is 10.9. The zero-order valence-electron chi connectivity index (χ0n) is 14.9. The van der Waals surface area contributed by atoms with Crippen LogP contribution in [0.1, 0.15) is 0 Å². The van der Waals surface area contributed by atoms with E-state index in [0.29, 0.717) is 0 Å². The van der Waals surface area contributed by atoms with Gasteiger partial charge in [0, 0.05) is 21.9 Å². The number of rotatable bonds is 2. The molecule has 0 atom stereocenters. The van der Waals surface area contributed by atoms with Crippen molar-refractivity contribution in [1.29, 1.82) is 0 Å². The molecule has 134 valence electrons. The molecule has 27 heavy (non-hydrogen) atoms. The average molecular weight is 418 g/mol. The molecular weight excluding hydrogens is 396 g/mol. The Morgan fingerprint density at radius 2 is 1.19 bits per heavy atom. The number of para-hydroxylation sites is 2. The van der Waals surface area contributed by atoms with Crippen LogP contribution in [0.2, 0.25) is 0 Å². The van der Waals surface area contributed by atoms with Crippen molar-refractivity contribution < 1.29 is 0 Å². The maximum Gasteiger partial charge on any atom is 0.145 e. The van der Waals surface area contributed by atoms with Crippen LogP contribution in [-0.4, -0.2) is 0 Å². The Morgan fingerprint density at radius 3 is 1.48 bits per heavy atom. The third-order valence-corrected chi connectivity index (χ3v) is 3.84. The second kappa shape index (κ2) is 12.3. The molecule has 0 fully saturated rings. The molecule has 0 bridgehead atoms. The Morgan fingerprint density at radius 1 is 0.704 bits per heavy atom. The van der Waals surface area contributed by atoms with E-state index in [1.807, 2.05) is 91.0 Å². The minimum absolute atomic E-state index is 0.791. The Labute approximate surface area is 169 Å². The molecule has 3 N–H and O–H groups in total. The van der Waals surface area contributed by atoms with Crippen molar-refractivity contribution in [2.75, 3.05) is 5.32 Å². The van der Waals surface area contributed by atoms with Gasteiger partial charge in [-0.2, -0.15) is 0 Å². The summed E-state index contributed by atoms with van der Waals surface area (Å²) >= 11 is 3.31. The first-order valence-electron chi connectivity index (χ1n) is 8.53. The van der Waals surface area contributed by atoms with E-state index >= 15 is 0 Å². The zero-order valence-corrected chi connectivity index (χ0v) is 16.5. The van der Waals surface area contributed by atoms with Crippen LogP contribution in [0.25, 0.3) is 0 Å². The quantitative estimate of drug-likeness (QED) is 0.458. The van der Waals surface area contributed by atoms with Crippen LogP contribution in [0.5, 0.6) is 0 Å².